The fourth-order valence-electron chi connectivity index (χ4n) is 4.41. The number of carbonyl (C=O) groups is 1. The number of carbonyl (C=O) groups excluding carboxylic acids is 1. The maximum atomic E-state index is 13.5. The van der Waals surface area contributed by atoms with Crippen LogP contribution in [0.3, 0.4) is 0 Å². The lowest BCUT2D eigenvalue weighted by Gasteiger charge is -2.44. The summed E-state index contributed by atoms with van der Waals surface area (Å²) in [5.41, 5.74) is 2.50. The van der Waals surface area contributed by atoms with Crippen molar-refractivity contribution in [1.82, 2.24) is 14.7 Å². The van der Waals surface area contributed by atoms with Crippen LogP contribution in [0.1, 0.15) is 28.8 Å². The number of aryl methyl sites for hydroxylation is 1. The van der Waals surface area contributed by atoms with Gasteiger partial charge < -0.3 is 9.64 Å². The molecule has 5 rings (SSSR count). The molecule has 0 radical (unpaired) electrons. The number of amides is 1. The third-order valence-electron chi connectivity index (χ3n) is 5.84. The van der Waals surface area contributed by atoms with Gasteiger partial charge in [0, 0.05) is 55.7 Å². The summed E-state index contributed by atoms with van der Waals surface area (Å²) in [5.74, 6) is -1.08. The smallest absolute Gasteiger partial charge is 0.254 e. The Morgan fingerprint density at radius 3 is 2.52 bits per heavy atom. The molecule has 1 amide bonds. The van der Waals surface area contributed by atoms with Gasteiger partial charge in [0.2, 0.25) is 0 Å². The number of benzene rings is 2. The number of aromatic nitrogens is 2. The molecule has 0 atom stereocenters. The van der Waals surface area contributed by atoms with Crippen LogP contribution in [0.15, 0.2) is 48.7 Å². The lowest BCUT2D eigenvalue weighted by atomic mass is 9.81. The summed E-state index contributed by atoms with van der Waals surface area (Å²) in [6, 6.07) is 10.8. The first-order valence-corrected chi connectivity index (χ1v) is 9.53. The SMILES string of the molecule is Cn1ncc2c1-c1ccccc1OC21CCN(C(=O)c2cc(F)cc(F)c2)CC1. The van der Waals surface area contributed by atoms with Crippen molar-refractivity contribution in [2.75, 3.05) is 13.1 Å². The van der Waals surface area contributed by atoms with Gasteiger partial charge in [0.15, 0.2) is 0 Å². The van der Waals surface area contributed by atoms with Crippen molar-refractivity contribution in [3.63, 3.8) is 0 Å². The number of halogens is 2. The lowest BCUT2D eigenvalue weighted by Crippen LogP contribution is -2.49. The number of hydrogen-bond donors (Lipinski definition) is 0. The minimum Gasteiger partial charge on any atom is -0.482 e. The average Bonchev–Trinajstić information content (AvgIpc) is 3.10. The van der Waals surface area contributed by atoms with E-state index in [9.17, 15) is 13.6 Å². The molecule has 3 heterocycles. The molecule has 1 spiro atoms. The average molecular weight is 395 g/mol. The molecule has 0 bridgehead atoms. The molecule has 0 unspecified atom stereocenters. The predicted octanol–water partition coefficient (Wildman–Crippen LogP) is 3.89. The molecule has 1 aromatic heterocycles. The zero-order valence-electron chi connectivity index (χ0n) is 15.9. The Balaban J connectivity index is 1.43. The number of para-hydroxylation sites is 1. The Morgan fingerprint density at radius 2 is 1.79 bits per heavy atom. The highest BCUT2D eigenvalue weighted by atomic mass is 19.1. The summed E-state index contributed by atoms with van der Waals surface area (Å²) in [7, 11) is 1.91. The van der Waals surface area contributed by atoms with E-state index >= 15 is 0 Å². The van der Waals surface area contributed by atoms with Crippen molar-refractivity contribution < 1.29 is 18.3 Å². The molecule has 7 heteroatoms. The molecular weight excluding hydrogens is 376 g/mol. The molecule has 0 aliphatic carbocycles. The van der Waals surface area contributed by atoms with Gasteiger partial charge in [0.1, 0.15) is 23.0 Å². The zero-order valence-corrected chi connectivity index (χ0v) is 15.9. The highest BCUT2D eigenvalue weighted by Crippen LogP contribution is 2.49. The van der Waals surface area contributed by atoms with E-state index in [1.807, 2.05) is 42.2 Å². The largest absolute Gasteiger partial charge is 0.482 e. The van der Waals surface area contributed by atoms with Crippen LogP contribution in [0.5, 0.6) is 5.75 Å². The molecule has 2 aliphatic rings. The predicted molar refractivity (Wildman–Crippen MR) is 102 cm³/mol. The summed E-state index contributed by atoms with van der Waals surface area (Å²) in [6.45, 7) is 0.848. The number of nitrogens with zero attached hydrogens (tertiary/aromatic N) is 3. The van der Waals surface area contributed by atoms with Crippen molar-refractivity contribution in [2.24, 2.45) is 7.05 Å². The van der Waals surface area contributed by atoms with E-state index in [4.69, 9.17) is 4.74 Å². The zero-order chi connectivity index (χ0) is 20.2. The van der Waals surface area contributed by atoms with Gasteiger partial charge >= 0.3 is 0 Å². The molecule has 2 aromatic carbocycles. The lowest BCUT2D eigenvalue weighted by molar-refractivity contribution is -0.00175. The number of fused-ring (bicyclic) bond motifs is 4. The summed E-state index contributed by atoms with van der Waals surface area (Å²) < 4.78 is 35.3. The van der Waals surface area contributed by atoms with Gasteiger partial charge in [0.05, 0.1) is 11.9 Å². The first-order valence-electron chi connectivity index (χ1n) is 9.53. The number of rotatable bonds is 1. The van der Waals surface area contributed by atoms with E-state index in [1.165, 1.54) is 0 Å². The Bertz CT molecular complexity index is 1100. The molecule has 3 aromatic rings. The highest BCUT2D eigenvalue weighted by Gasteiger charge is 2.45. The summed E-state index contributed by atoms with van der Waals surface area (Å²) in [5, 5.41) is 4.44. The van der Waals surface area contributed by atoms with Gasteiger partial charge in [-0.15, -0.1) is 0 Å². The summed E-state index contributed by atoms with van der Waals surface area (Å²) in [4.78, 5) is 14.4. The first-order chi connectivity index (χ1) is 14.0. The van der Waals surface area contributed by atoms with E-state index in [1.54, 1.807) is 4.90 Å². The van der Waals surface area contributed by atoms with Crippen LogP contribution in [-0.4, -0.2) is 33.7 Å². The summed E-state index contributed by atoms with van der Waals surface area (Å²) in [6.07, 6.45) is 2.98. The van der Waals surface area contributed by atoms with Gasteiger partial charge in [-0.1, -0.05) is 12.1 Å². The fraction of sp³-hybridized carbons (Fsp3) is 0.273. The molecule has 0 saturated carbocycles. The molecule has 0 N–H and O–H groups in total. The van der Waals surface area contributed by atoms with Crippen molar-refractivity contribution in [1.29, 1.82) is 0 Å². The monoisotopic (exact) mass is 395 g/mol. The second-order valence-electron chi connectivity index (χ2n) is 7.57. The standard InChI is InChI=1S/C22H19F2N3O2/c1-26-20-17-4-2-3-5-19(17)29-22(18(20)13-25-26)6-8-27(9-7-22)21(28)14-10-15(23)12-16(24)11-14/h2-5,10-13H,6-9H2,1H3. The first kappa shape index (κ1) is 17.8. The Morgan fingerprint density at radius 1 is 1.10 bits per heavy atom. The van der Waals surface area contributed by atoms with Crippen molar-refractivity contribution in [3.8, 4) is 17.0 Å². The minimum absolute atomic E-state index is 0.0235. The molecule has 148 valence electrons. The van der Waals surface area contributed by atoms with Crippen LogP contribution in [0.25, 0.3) is 11.3 Å². The number of piperidine rings is 1. The quantitative estimate of drug-likeness (QED) is 0.628. The van der Waals surface area contributed by atoms with E-state index in [-0.39, 0.29) is 11.5 Å². The van der Waals surface area contributed by atoms with Crippen LogP contribution in [-0.2, 0) is 12.6 Å². The van der Waals surface area contributed by atoms with Gasteiger partial charge in [-0.2, -0.15) is 5.10 Å². The van der Waals surface area contributed by atoms with Crippen LogP contribution in [0, 0.1) is 11.6 Å². The highest BCUT2D eigenvalue weighted by molar-refractivity contribution is 5.94. The normalized spacial score (nSPS) is 16.9. The molecule has 2 aliphatic heterocycles. The van der Waals surface area contributed by atoms with Gasteiger partial charge in [-0.3, -0.25) is 9.48 Å². The Kier molecular flexibility index (Phi) is 3.94. The number of ether oxygens (including phenoxy) is 1. The topological polar surface area (TPSA) is 47.4 Å². The number of hydrogen-bond acceptors (Lipinski definition) is 3. The fourth-order valence-corrected chi connectivity index (χ4v) is 4.41. The summed E-state index contributed by atoms with van der Waals surface area (Å²) >= 11 is 0. The van der Waals surface area contributed by atoms with Gasteiger partial charge in [-0.25, -0.2) is 8.78 Å². The molecule has 1 saturated heterocycles. The van der Waals surface area contributed by atoms with Gasteiger partial charge in [-0.05, 0) is 24.3 Å². The third kappa shape index (κ3) is 2.80. The van der Waals surface area contributed by atoms with E-state index in [0.717, 1.165) is 40.8 Å². The molecule has 29 heavy (non-hydrogen) atoms. The Labute approximate surface area is 166 Å². The molecular formula is C22H19F2N3O2. The van der Waals surface area contributed by atoms with Crippen LogP contribution >= 0.6 is 0 Å². The maximum Gasteiger partial charge on any atom is 0.254 e. The van der Waals surface area contributed by atoms with Crippen molar-refractivity contribution >= 4 is 5.91 Å². The van der Waals surface area contributed by atoms with E-state index in [2.05, 4.69) is 5.10 Å². The second kappa shape index (κ2) is 6.40. The third-order valence-corrected chi connectivity index (χ3v) is 5.84. The maximum absolute atomic E-state index is 13.5. The van der Waals surface area contributed by atoms with Crippen LogP contribution in [0.2, 0.25) is 0 Å². The van der Waals surface area contributed by atoms with E-state index in [0.29, 0.717) is 25.9 Å². The molecule has 5 nitrogen and oxygen atoms in total. The van der Waals surface area contributed by atoms with Gasteiger partial charge in [0.25, 0.3) is 5.91 Å². The van der Waals surface area contributed by atoms with Crippen molar-refractivity contribution in [3.05, 3.63) is 71.4 Å². The minimum atomic E-state index is -0.756. The Hall–Kier alpha value is -3.22. The van der Waals surface area contributed by atoms with Crippen LogP contribution < -0.4 is 4.74 Å². The van der Waals surface area contributed by atoms with Crippen LogP contribution in [0.4, 0.5) is 8.78 Å². The van der Waals surface area contributed by atoms with Crippen molar-refractivity contribution in [2.45, 2.75) is 18.4 Å². The van der Waals surface area contributed by atoms with E-state index < -0.39 is 17.2 Å². The molecule has 1 fully saturated rings. The second-order valence-corrected chi connectivity index (χ2v) is 7.57. The number of likely N-dealkylation sites (tertiary alicyclic amines) is 1.